The van der Waals surface area contributed by atoms with Crippen molar-refractivity contribution < 1.29 is 14.3 Å². The van der Waals surface area contributed by atoms with E-state index in [-0.39, 0.29) is 12.1 Å². The average molecular weight is 376 g/mol. The van der Waals surface area contributed by atoms with Gasteiger partial charge in [-0.3, -0.25) is 9.79 Å². The van der Waals surface area contributed by atoms with Crippen molar-refractivity contribution in [1.29, 1.82) is 0 Å². The molecule has 6 heteroatoms. The van der Waals surface area contributed by atoms with Crippen LogP contribution >= 0.6 is 0 Å². The molecule has 1 aliphatic rings. The summed E-state index contributed by atoms with van der Waals surface area (Å²) in [6.07, 6.45) is 3.41. The molecule has 6 nitrogen and oxygen atoms in total. The minimum Gasteiger partial charge on any atom is -0.469 e. The molecule has 1 saturated heterocycles. The second-order valence-corrected chi connectivity index (χ2v) is 7.03. The summed E-state index contributed by atoms with van der Waals surface area (Å²) in [4.78, 5) is 17.8. The molecular formula is C21H33N3O3. The van der Waals surface area contributed by atoms with Crippen molar-refractivity contribution in [3.8, 4) is 0 Å². The number of esters is 1. The van der Waals surface area contributed by atoms with Gasteiger partial charge in [0.2, 0.25) is 0 Å². The lowest BCUT2D eigenvalue weighted by Crippen LogP contribution is -2.48. The number of unbranched alkanes of at least 4 members (excludes halogenated alkanes) is 2. The third kappa shape index (κ3) is 6.54. The fourth-order valence-electron chi connectivity index (χ4n) is 3.42. The molecule has 2 rings (SSSR count). The fraction of sp³-hybridized carbons (Fsp3) is 0.619. The summed E-state index contributed by atoms with van der Waals surface area (Å²) in [6.45, 7) is 7.43. The van der Waals surface area contributed by atoms with E-state index in [1.54, 1.807) is 0 Å². The van der Waals surface area contributed by atoms with Crippen molar-refractivity contribution in [2.45, 2.75) is 45.6 Å². The Morgan fingerprint density at radius 3 is 2.85 bits per heavy atom. The molecule has 0 radical (unpaired) electrons. The number of carbonyl (C=O) groups excluding carboxylic acids is 1. The van der Waals surface area contributed by atoms with Gasteiger partial charge in [-0.1, -0.05) is 30.2 Å². The van der Waals surface area contributed by atoms with Gasteiger partial charge in [-0.2, -0.15) is 0 Å². The Kier molecular flexibility index (Phi) is 8.58. The summed E-state index contributed by atoms with van der Waals surface area (Å²) < 4.78 is 10.7. The van der Waals surface area contributed by atoms with Gasteiger partial charge in [0, 0.05) is 26.6 Å². The summed E-state index contributed by atoms with van der Waals surface area (Å²) >= 11 is 0. The van der Waals surface area contributed by atoms with Crippen molar-refractivity contribution in [2.75, 3.05) is 40.4 Å². The lowest BCUT2D eigenvalue weighted by Gasteiger charge is -2.35. The Labute approximate surface area is 162 Å². The van der Waals surface area contributed by atoms with E-state index in [0.29, 0.717) is 13.0 Å². The topological polar surface area (TPSA) is 63.2 Å². The van der Waals surface area contributed by atoms with E-state index in [1.807, 2.05) is 7.05 Å². The minimum atomic E-state index is -0.135. The molecule has 1 N–H and O–H groups in total. The van der Waals surface area contributed by atoms with Crippen molar-refractivity contribution >= 4 is 11.9 Å². The summed E-state index contributed by atoms with van der Waals surface area (Å²) in [5.74, 6) is 0.783. The number of aryl methyl sites for hydroxylation is 2. The van der Waals surface area contributed by atoms with Gasteiger partial charge >= 0.3 is 5.97 Å². The molecule has 0 spiro atoms. The van der Waals surface area contributed by atoms with E-state index in [9.17, 15) is 4.79 Å². The largest absolute Gasteiger partial charge is 0.469 e. The number of ether oxygens (including phenoxy) is 2. The van der Waals surface area contributed by atoms with Gasteiger partial charge in [0.1, 0.15) is 6.10 Å². The van der Waals surface area contributed by atoms with Crippen LogP contribution in [0.4, 0.5) is 0 Å². The summed E-state index contributed by atoms with van der Waals surface area (Å²) in [7, 11) is 3.25. The zero-order chi connectivity index (χ0) is 19.6. The Morgan fingerprint density at radius 2 is 2.15 bits per heavy atom. The third-order valence-corrected chi connectivity index (χ3v) is 4.92. The molecule has 1 atom stereocenters. The van der Waals surface area contributed by atoms with Crippen molar-refractivity contribution in [1.82, 2.24) is 10.2 Å². The van der Waals surface area contributed by atoms with Gasteiger partial charge < -0.3 is 19.7 Å². The van der Waals surface area contributed by atoms with Crippen LogP contribution in [0.3, 0.4) is 0 Å². The van der Waals surface area contributed by atoms with Crippen molar-refractivity contribution in [3.05, 3.63) is 34.9 Å². The quantitative estimate of drug-likeness (QED) is 0.344. The van der Waals surface area contributed by atoms with Gasteiger partial charge in [-0.15, -0.1) is 0 Å². The lowest BCUT2D eigenvalue weighted by molar-refractivity contribution is -0.140. The zero-order valence-electron chi connectivity index (χ0n) is 17.1. The van der Waals surface area contributed by atoms with E-state index in [4.69, 9.17) is 4.74 Å². The van der Waals surface area contributed by atoms with Crippen LogP contribution in [0, 0.1) is 13.8 Å². The highest BCUT2D eigenvalue weighted by Gasteiger charge is 2.25. The number of hydrogen-bond acceptors (Lipinski definition) is 4. The standard InChI is InChI=1S/C21H33N3O3/c1-16-9-10-18(17(2)14-16)19-15-24(12-13-27-19)21(22-3)23-11-7-5-6-8-20(25)26-4/h9-10,14,19H,5-8,11-13,15H2,1-4H3,(H,22,23). The SMILES string of the molecule is CN=C(NCCCCCC(=O)OC)N1CCOC(c2ccc(C)cc2C)C1. The number of nitrogens with zero attached hydrogens (tertiary/aromatic N) is 2. The molecule has 1 aliphatic heterocycles. The third-order valence-electron chi connectivity index (χ3n) is 4.92. The number of rotatable bonds is 7. The highest BCUT2D eigenvalue weighted by atomic mass is 16.5. The number of morpholine rings is 1. The lowest BCUT2D eigenvalue weighted by atomic mass is 10.00. The molecule has 1 unspecified atom stereocenters. The van der Waals surface area contributed by atoms with Crippen LogP contribution in [0.15, 0.2) is 23.2 Å². The molecule has 0 aromatic heterocycles. The molecular weight excluding hydrogens is 342 g/mol. The predicted molar refractivity (Wildman–Crippen MR) is 108 cm³/mol. The molecule has 1 fully saturated rings. The normalized spacial score (nSPS) is 17.7. The number of aliphatic imine (C=N–C) groups is 1. The summed E-state index contributed by atoms with van der Waals surface area (Å²) in [5, 5.41) is 3.44. The zero-order valence-corrected chi connectivity index (χ0v) is 17.1. The van der Waals surface area contributed by atoms with E-state index in [0.717, 1.165) is 44.9 Å². The maximum Gasteiger partial charge on any atom is 0.305 e. The second-order valence-electron chi connectivity index (χ2n) is 7.03. The summed E-state index contributed by atoms with van der Waals surface area (Å²) in [5.41, 5.74) is 3.80. The number of benzene rings is 1. The van der Waals surface area contributed by atoms with Crippen LogP contribution in [0.25, 0.3) is 0 Å². The highest BCUT2D eigenvalue weighted by Crippen LogP contribution is 2.25. The fourth-order valence-corrected chi connectivity index (χ4v) is 3.42. The molecule has 0 saturated carbocycles. The van der Waals surface area contributed by atoms with Crippen LogP contribution in [-0.2, 0) is 14.3 Å². The monoisotopic (exact) mass is 375 g/mol. The first-order chi connectivity index (χ1) is 13.0. The van der Waals surface area contributed by atoms with Crippen LogP contribution in [-0.4, -0.2) is 57.2 Å². The molecule has 1 heterocycles. The Balaban J connectivity index is 1.81. The Bertz CT molecular complexity index is 646. The Hall–Kier alpha value is -2.08. The van der Waals surface area contributed by atoms with E-state index in [1.165, 1.54) is 23.8 Å². The Morgan fingerprint density at radius 1 is 1.33 bits per heavy atom. The number of carbonyl (C=O) groups is 1. The first-order valence-electron chi connectivity index (χ1n) is 9.76. The number of nitrogens with one attached hydrogen (secondary N) is 1. The van der Waals surface area contributed by atoms with Crippen molar-refractivity contribution in [2.24, 2.45) is 4.99 Å². The second kappa shape index (κ2) is 10.9. The average Bonchev–Trinajstić information content (AvgIpc) is 2.67. The molecule has 1 aromatic rings. The molecule has 1 aromatic carbocycles. The molecule has 150 valence electrons. The molecule has 27 heavy (non-hydrogen) atoms. The van der Waals surface area contributed by atoms with E-state index in [2.05, 4.69) is 52.0 Å². The van der Waals surface area contributed by atoms with Gasteiger partial charge in [-0.05, 0) is 37.8 Å². The number of hydrogen-bond donors (Lipinski definition) is 1. The summed E-state index contributed by atoms with van der Waals surface area (Å²) in [6, 6.07) is 6.53. The molecule has 0 bridgehead atoms. The van der Waals surface area contributed by atoms with Crippen LogP contribution in [0.5, 0.6) is 0 Å². The van der Waals surface area contributed by atoms with Crippen LogP contribution in [0.1, 0.15) is 48.5 Å². The van der Waals surface area contributed by atoms with Gasteiger partial charge in [0.25, 0.3) is 0 Å². The highest BCUT2D eigenvalue weighted by molar-refractivity contribution is 5.80. The van der Waals surface area contributed by atoms with Crippen LogP contribution in [0.2, 0.25) is 0 Å². The van der Waals surface area contributed by atoms with E-state index < -0.39 is 0 Å². The van der Waals surface area contributed by atoms with E-state index >= 15 is 0 Å². The van der Waals surface area contributed by atoms with Gasteiger partial charge in [0.05, 0.1) is 20.3 Å². The first-order valence-corrected chi connectivity index (χ1v) is 9.76. The smallest absolute Gasteiger partial charge is 0.305 e. The maximum atomic E-state index is 11.1. The molecule has 0 aliphatic carbocycles. The first kappa shape index (κ1) is 21.2. The van der Waals surface area contributed by atoms with Crippen LogP contribution < -0.4 is 5.32 Å². The van der Waals surface area contributed by atoms with Gasteiger partial charge in [-0.25, -0.2) is 0 Å². The minimum absolute atomic E-state index is 0.0676. The number of methoxy groups -OCH3 is 1. The molecule has 0 amide bonds. The number of guanidine groups is 1. The van der Waals surface area contributed by atoms with Crippen molar-refractivity contribution in [3.63, 3.8) is 0 Å². The maximum absolute atomic E-state index is 11.1. The predicted octanol–water partition coefficient (Wildman–Crippen LogP) is 2.99. The van der Waals surface area contributed by atoms with Gasteiger partial charge in [0.15, 0.2) is 5.96 Å².